The lowest BCUT2D eigenvalue weighted by Crippen LogP contribution is -2.47. The predicted octanol–water partition coefficient (Wildman–Crippen LogP) is 2.36. The third kappa shape index (κ3) is 3.44. The Labute approximate surface area is 141 Å². The van der Waals surface area contributed by atoms with Crippen molar-refractivity contribution in [2.75, 3.05) is 13.1 Å². The van der Waals surface area contributed by atoms with Gasteiger partial charge in [0.05, 0.1) is 12.1 Å². The molecule has 1 aromatic rings. The maximum atomic E-state index is 13.7. The van der Waals surface area contributed by atoms with Gasteiger partial charge in [-0.2, -0.15) is 0 Å². The summed E-state index contributed by atoms with van der Waals surface area (Å²) in [6.45, 7) is 5.85. The van der Waals surface area contributed by atoms with Gasteiger partial charge in [-0.15, -0.1) is 0 Å². The number of hydrogen-bond donors (Lipinski definition) is 2. The number of benzene rings is 1. The molecule has 2 fully saturated rings. The number of halogens is 2. The van der Waals surface area contributed by atoms with Crippen LogP contribution in [0.3, 0.4) is 0 Å². The van der Waals surface area contributed by atoms with Crippen LogP contribution in [0.25, 0.3) is 0 Å². The van der Waals surface area contributed by atoms with Crippen molar-refractivity contribution in [2.24, 2.45) is 0 Å². The van der Waals surface area contributed by atoms with Gasteiger partial charge in [-0.05, 0) is 57.4 Å². The van der Waals surface area contributed by atoms with Crippen molar-refractivity contribution in [3.63, 3.8) is 0 Å². The molecule has 0 saturated carbocycles. The smallest absolute Gasteiger partial charge is 0.237 e. The second kappa shape index (κ2) is 7.15. The van der Waals surface area contributed by atoms with Crippen LogP contribution in [-0.2, 0) is 4.79 Å². The molecule has 3 unspecified atom stereocenters. The van der Waals surface area contributed by atoms with E-state index in [9.17, 15) is 13.6 Å². The fraction of sp³-hybridized carbons (Fsp3) is 0.611. The van der Waals surface area contributed by atoms with E-state index in [0.29, 0.717) is 5.56 Å². The van der Waals surface area contributed by atoms with E-state index in [4.69, 9.17) is 0 Å². The Hall–Kier alpha value is -1.53. The lowest BCUT2D eigenvalue weighted by atomic mass is 9.98. The van der Waals surface area contributed by atoms with Crippen molar-refractivity contribution in [2.45, 2.75) is 57.3 Å². The molecule has 2 N–H and O–H groups in total. The number of amides is 1. The van der Waals surface area contributed by atoms with E-state index in [-0.39, 0.29) is 30.1 Å². The molecule has 3 rings (SSSR count). The third-order valence-corrected chi connectivity index (χ3v) is 5.09. The van der Waals surface area contributed by atoms with Crippen LogP contribution in [0.4, 0.5) is 8.78 Å². The summed E-state index contributed by atoms with van der Waals surface area (Å²) in [7, 11) is 0. The first-order valence-corrected chi connectivity index (χ1v) is 8.72. The number of nitrogens with one attached hydrogen (secondary N) is 2. The van der Waals surface area contributed by atoms with Crippen molar-refractivity contribution in [3.8, 4) is 0 Å². The summed E-state index contributed by atoms with van der Waals surface area (Å²) in [6, 6.07) is 3.94. The Morgan fingerprint density at radius 1 is 1.29 bits per heavy atom. The van der Waals surface area contributed by atoms with Gasteiger partial charge in [0.2, 0.25) is 5.91 Å². The van der Waals surface area contributed by atoms with Gasteiger partial charge in [-0.3, -0.25) is 9.69 Å². The number of carbonyl (C=O) groups is 1. The molecule has 3 atom stereocenters. The molecule has 0 aliphatic carbocycles. The topological polar surface area (TPSA) is 44.4 Å². The molecule has 2 heterocycles. The van der Waals surface area contributed by atoms with Crippen molar-refractivity contribution < 1.29 is 13.6 Å². The predicted molar refractivity (Wildman–Crippen MR) is 88.5 cm³/mol. The minimum Gasteiger partial charge on any atom is -0.350 e. The second-order valence-electron chi connectivity index (χ2n) is 7.00. The molecule has 2 saturated heterocycles. The standard InChI is InChI=1S/C18H25F2N3O/c1-11(2)23-9-7-15(22-18(24)16-4-3-8-21-16)17(23)12-5-6-13(19)14(20)10-12/h5-6,10-11,15-17,21H,3-4,7-9H2,1-2H3,(H,22,24). The van der Waals surface area contributed by atoms with Gasteiger partial charge >= 0.3 is 0 Å². The van der Waals surface area contributed by atoms with Gasteiger partial charge in [0.15, 0.2) is 11.6 Å². The molecular weight excluding hydrogens is 312 g/mol. The van der Waals surface area contributed by atoms with E-state index in [1.54, 1.807) is 6.07 Å². The van der Waals surface area contributed by atoms with Crippen LogP contribution >= 0.6 is 0 Å². The third-order valence-electron chi connectivity index (χ3n) is 5.09. The Balaban J connectivity index is 1.81. The first-order valence-electron chi connectivity index (χ1n) is 8.72. The number of likely N-dealkylation sites (tertiary alicyclic amines) is 1. The Morgan fingerprint density at radius 2 is 2.08 bits per heavy atom. The van der Waals surface area contributed by atoms with E-state index in [0.717, 1.165) is 32.4 Å². The fourth-order valence-electron chi connectivity index (χ4n) is 3.86. The monoisotopic (exact) mass is 337 g/mol. The zero-order valence-electron chi connectivity index (χ0n) is 14.2. The van der Waals surface area contributed by atoms with E-state index < -0.39 is 11.6 Å². The first kappa shape index (κ1) is 17.3. The number of carbonyl (C=O) groups excluding carboxylic acids is 1. The zero-order valence-corrected chi connectivity index (χ0v) is 14.2. The highest BCUT2D eigenvalue weighted by Gasteiger charge is 2.38. The van der Waals surface area contributed by atoms with E-state index in [1.165, 1.54) is 12.1 Å². The van der Waals surface area contributed by atoms with Crippen LogP contribution in [0.1, 0.15) is 44.7 Å². The molecule has 4 nitrogen and oxygen atoms in total. The number of nitrogens with zero attached hydrogens (tertiary/aromatic N) is 1. The quantitative estimate of drug-likeness (QED) is 0.886. The van der Waals surface area contributed by atoms with Crippen molar-refractivity contribution in [1.82, 2.24) is 15.5 Å². The van der Waals surface area contributed by atoms with Crippen LogP contribution in [-0.4, -0.2) is 42.0 Å². The molecular formula is C18H25F2N3O. The Morgan fingerprint density at radius 3 is 2.71 bits per heavy atom. The van der Waals surface area contributed by atoms with Gasteiger partial charge < -0.3 is 10.6 Å². The summed E-state index contributed by atoms with van der Waals surface area (Å²) in [5, 5.41) is 6.33. The number of hydrogen-bond acceptors (Lipinski definition) is 3. The largest absolute Gasteiger partial charge is 0.350 e. The highest BCUT2D eigenvalue weighted by molar-refractivity contribution is 5.82. The van der Waals surface area contributed by atoms with Gasteiger partial charge in [0.1, 0.15) is 0 Å². The van der Waals surface area contributed by atoms with Gasteiger partial charge in [-0.25, -0.2) is 8.78 Å². The summed E-state index contributed by atoms with van der Waals surface area (Å²) in [4.78, 5) is 14.7. The fourth-order valence-corrected chi connectivity index (χ4v) is 3.86. The van der Waals surface area contributed by atoms with Gasteiger partial charge in [0.25, 0.3) is 0 Å². The van der Waals surface area contributed by atoms with E-state index in [2.05, 4.69) is 29.4 Å². The van der Waals surface area contributed by atoms with Crippen molar-refractivity contribution in [1.29, 1.82) is 0 Å². The molecule has 0 bridgehead atoms. The highest BCUT2D eigenvalue weighted by atomic mass is 19.2. The molecule has 0 radical (unpaired) electrons. The lowest BCUT2D eigenvalue weighted by Gasteiger charge is -2.32. The summed E-state index contributed by atoms with van der Waals surface area (Å²) < 4.78 is 27.0. The first-order chi connectivity index (χ1) is 11.5. The van der Waals surface area contributed by atoms with Gasteiger partial charge in [-0.1, -0.05) is 6.07 Å². The molecule has 0 spiro atoms. The second-order valence-corrected chi connectivity index (χ2v) is 7.00. The van der Waals surface area contributed by atoms with Crippen LogP contribution in [0, 0.1) is 11.6 Å². The van der Waals surface area contributed by atoms with Crippen LogP contribution in [0.15, 0.2) is 18.2 Å². The molecule has 6 heteroatoms. The van der Waals surface area contributed by atoms with Crippen molar-refractivity contribution in [3.05, 3.63) is 35.4 Å². The van der Waals surface area contributed by atoms with Gasteiger partial charge in [0, 0.05) is 18.6 Å². The summed E-state index contributed by atoms with van der Waals surface area (Å²) in [6.07, 6.45) is 2.66. The van der Waals surface area contributed by atoms with E-state index >= 15 is 0 Å². The molecule has 2 aliphatic rings. The van der Waals surface area contributed by atoms with E-state index in [1.807, 2.05) is 0 Å². The maximum absolute atomic E-state index is 13.7. The summed E-state index contributed by atoms with van der Waals surface area (Å²) in [5.74, 6) is -1.68. The zero-order chi connectivity index (χ0) is 17.3. The van der Waals surface area contributed by atoms with Crippen LogP contribution < -0.4 is 10.6 Å². The molecule has 2 aliphatic heterocycles. The molecule has 1 aromatic carbocycles. The van der Waals surface area contributed by atoms with Crippen molar-refractivity contribution >= 4 is 5.91 Å². The lowest BCUT2D eigenvalue weighted by molar-refractivity contribution is -0.123. The summed E-state index contributed by atoms with van der Waals surface area (Å²) in [5.41, 5.74) is 0.713. The number of rotatable bonds is 4. The summed E-state index contributed by atoms with van der Waals surface area (Å²) >= 11 is 0. The minimum absolute atomic E-state index is 0.00990. The normalized spacial score (nSPS) is 27.8. The molecule has 24 heavy (non-hydrogen) atoms. The Kier molecular flexibility index (Phi) is 5.15. The van der Waals surface area contributed by atoms with Crippen LogP contribution in [0.2, 0.25) is 0 Å². The maximum Gasteiger partial charge on any atom is 0.237 e. The molecule has 1 amide bonds. The average molecular weight is 337 g/mol. The molecule has 0 aromatic heterocycles. The average Bonchev–Trinajstić information content (AvgIpc) is 3.19. The Bertz CT molecular complexity index is 602. The highest BCUT2D eigenvalue weighted by Crippen LogP contribution is 2.34. The van der Waals surface area contributed by atoms with Crippen LogP contribution in [0.5, 0.6) is 0 Å². The molecule has 132 valence electrons. The minimum atomic E-state index is -0.844. The SMILES string of the molecule is CC(C)N1CCC(NC(=O)C2CCCN2)C1c1ccc(F)c(F)c1.